The second-order valence-electron chi connectivity index (χ2n) is 3.59. The van der Waals surface area contributed by atoms with Crippen LogP contribution in [0.25, 0.3) is 0 Å². The third kappa shape index (κ3) is 4.70. The molecule has 0 fully saturated rings. The van der Waals surface area contributed by atoms with Crippen LogP contribution in [0.2, 0.25) is 0 Å². The van der Waals surface area contributed by atoms with Gasteiger partial charge in [0.05, 0.1) is 0 Å². The lowest BCUT2D eigenvalue weighted by atomic mass is 10.3. The number of carboxylic acids is 1. The summed E-state index contributed by atoms with van der Waals surface area (Å²) >= 11 is 0. The van der Waals surface area contributed by atoms with Crippen molar-refractivity contribution in [1.29, 1.82) is 0 Å². The van der Waals surface area contributed by atoms with Gasteiger partial charge in [-0.25, -0.2) is 9.78 Å². The molecule has 2 N–H and O–H groups in total. The number of aromatic nitrogens is 3. The predicted octanol–water partition coefficient (Wildman–Crippen LogP) is -0.0219. The summed E-state index contributed by atoms with van der Waals surface area (Å²) in [6.45, 7) is 3.08. The molecule has 6 nitrogen and oxygen atoms in total. The maximum absolute atomic E-state index is 10.3. The fraction of sp³-hybridized carbons (Fsp3) is 0.500. The van der Waals surface area contributed by atoms with Crippen molar-refractivity contribution in [2.24, 2.45) is 7.05 Å². The van der Waals surface area contributed by atoms with Crippen molar-refractivity contribution < 1.29 is 9.90 Å². The number of carboxylic acid groups (broad SMARTS) is 1. The predicted molar refractivity (Wildman–Crippen MR) is 59.0 cm³/mol. The summed E-state index contributed by atoms with van der Waals surface area (Å²) in [7, 11) is 1.82. The third-order valence-electron chi connectivity index (χ3n) is 1.95. The summed E-state index contributed by atoms with van der Waals surface area (Å²) in [6.07, 6.45) is 3.60. The molecule has 0 aliphatic carbocycles. The lowest BCUT2D eigenvalue weighted by molar-refractivity contribution is -0.131. The molecule has 0 radical (unpaired) electrons. The van der Waals surface area contributed by atoms with E-state index in [2.05, 4.69) is 15.4 Å². The van der Waals surface area contributed by atoms with E-state index in [9.17, 15) is 4.79 Å². The summed E-state index contributed by atoms with van der Waals surface area (Å²) in [4.78, 5) is 14.4. The zero-order valence-electron chi connectivity index (χ0n) is 9.47. The Hall–Kier alpha value is -1.69. The van der Waals surface area contributed by atoms with Crippen LogP contribution in [0.4, 0.5) is 0 Å². The Bertz CT molecular complexity index is 384. The van der Waals surface area contributed by atoms with E-state index in [0.717, 1.165) is 24.4 Å². The van der Waals surface area contributed by atoms with Gasteiger partial charge in [0.1, 0.15) is 6.33 Å². The first kappa shape index (κ1) is 12.4. The first-order chi connectivity index (χ1) is 7.58. The second kappa shape index (κ2) is 6.02. The van der Waals surface area contributed by atoms with Gasteiger partial charge in [-0.3, -0.25) is 4.68 Å². The highest BCUT2D eigenvalue weighted by atomic mass is 16.4. The van der Waals surface area contributed by atoms with Gasteiger partial charge in [0.2, 0.25) is 0 Å². The topological polar surface area (TPSA) is 80.0 Å². The number of nitrogens with zero attached hydrogens (tertiary/aromatic N) is 3. The number of hydrogen-bond donors (Lipinski definition) is 2. The van der Waals surface area contributed by atoms with Crippen molar-refractivity contribution in [2.45, 2.75) is 13.3 Å². The molecule has 1 rings (SSSR count). The molecule has 0 saturated carbocycles. The van der Waals surface area contributed by atoms with Gasteiger partial charge in [-0.05, 0) is 6.92 Å². The van der Waals surface area contributed by atoms with E-state index in [4.69, 9.17) is 5.11 Å². The molecule has 0 atom stereocenters. The largest absolute Gasteiger partial charge is 0.478 e. The molecule has 0 aromatic carbocycles. The molecule has 16 heavy (non-hydrogen) atoms. The highest BCUT2D eigenvalue weighted by molar-refractivity contribution is 5.80. The Kier molecular flexibility index (Phi) is 4.65. The van der Waals surface area contributed by atoms with Gasteiger partial charge in [-0.1, -0.05) is 5.57 Å². The van der Waals surface area contributed by atoms with Crippen LogP contribution in [0.1, 0.15) is 12.7 Å². The average molecular weight is 224 g/mol. The van der Waals surface area contributed by atoms with Crippen LogP contribution >= 0.6 is 0 Å². The Morgan fingerprint density at radius 2 is 2.44 bits per heavy atom. The maximum Gasteiger partial charge on any atom is 0.328 e. The van der Waals surface area contributed by atoms with Crippen LogP contribution in [0.3, 0.4) is 0 Å². The Morgan fingerprint density at radius 3 is 3.00 bits per heavy atom. The minimum atomic E-state index is -0.911. The Labute approximate surface area is 94.0 Å². The van der Waals surface area contributed by atoms with Gasteiger partial charge in [-0.15, -0.1) is 0 Å². The van der Waals surface area contributed by atoms with Crippen molar-refractivity contribution in [2.75, 3.05) is 13.1 Å². The lowest BCUT2D eigenvalue weighted by Crippen LogP contribution is -2.20. The smallest absolute Gasteiger partial charge is 0.328 e. The van der Waals surface area contributed by atoms with Crippen molar-refractivity contribution >= 4 is 5.97 Å². The van der Waals surface area contributed by atoms with Crippen LogP contribution in [-0.2, 0) is 18.3 Å². The minimum absolute atomic E-state index is 0.569. The summed E-state index contributed by atoms with van der Waals surface area (Å²) in [5.41, 5.74) is 0.793. The second-order valence-corrected chi connectivity index (χ2v) is 3.59. The number of nitrogens with one attached hydrogen (secondary N) is 1. The molecule has 0 saturated heterocycles. The van der Waals surface area contributed by atoms with Gasteiger partial charge in [0, 0.05) is 32.6 Å². The molecular formula is C10H16N4O2. The summed E-state index contributed by atoms with van der Waals surface area (Å²) in [5.74, 6) is -0.124. The van der Waals surface area contributed by atoms with Crippen molar-refractivity contribution in [1.82, 2.24) is 20.1 Å². The molecule has 1 aromatic heterocycles. The quantitative estimate of drug-likeness (QED) is 0.524. The number of carbonyl (C=O) groups is 1. The lowest BCUT2D eigenvalue weighted by Gasteiger charge is -2.02. The van der Waals surface area contributed by atoms with E-state index in [1.807, 2.05) is 7.05 Å². The highest BCUT2D eigenvalue weighted by Crippen LogP contribution is 1.91. The Morgan fingerprint density at radius 1 is 1.69 bits per heavy atom. The van der Waals surface area contributed by atoms with Crippen LogP contribution in [0.15, 0.2) is 18.0 Å². The van der Waals surface area contributed by atoms with Crippen LogP contribution < -0.4 is 5.32 Å². The molecule has 0 unspecified atom stereocenters. The first-order valence-corrected chi connectivity index (χ1v) is 5.03. The van der Waals surface area contributed by atoms with Crippen LogP contribution in [0, 0.1) is 0 Å². The molecule has 0 amide bonds. The zero-order valence-corrected chi connectivity index (χ0v) is 9.47. The van der Waals surface area contributed by atoms with Crippen molar-refractivity contribution in [3.63, 3.8) is 0 Å². The molecule has 1 heterocycles. The number of hydrogen-bond acceptors (Lipinski definition) is 4. The first-order valence-electron chi connectivity index (χ1n) is 5.03. The van der Waals surface area contributed by atoms with Gasteiger partial charge in [-0.2, -0.15) is 5.10 Å². The maximum atomic E-state index is 10.3. The SMILES string of the molecule is CC(=CC(=O)O)CNCCc1ncn(C)n1. The summed E-state index contributed by atoms with van der Waals surface area (Å²) in [6, 6.07) is 0. The number of aryl methyl sites for hydroxylation is 1. The van der Waals surface area contributed by atoms with E-state index >= 15 is 0 Å². The number of rotatable bonds is 6. The molecule has 0 aliphatic rings. The normalized spacial score (nSPS) is 11.8. The Balaban J connectivity index is 2.19. The van der Waals surface area contributed by atoms with Crippen LogP contribution in [0.5, 0.6) is 0 Å². The fourth-order valence-electron chi connectivity index (χ4n) is 1.25. The third-order valence-corrected chi connectivity index (χ3v) is 1.95. The molecular weight excluding hydrogens is 208 g/mol. The van der Waals surface area contributed by atoms with E-state index in [-0.39, 0.29) is 0 Å². The van der Waals surface area contributed by atoms with Gasteiger partial charge < -0.3 is 10.4 Å². The zero-order chi connectivity index (χ0) is 12.0. The molecule has 0 spiro atoms. The summed E-state index contributed by atoms with van der Waals surface area (Å²) < 4.78 is 1.66. The van der Waals surface area contributed by atoms with Gasteiger partial charge >= 0.3 is 5.97 Å². The van der Waals surface area contributed by atoms with Crippen LogP contribution in [-0.4, -0.2) is 38.9 Å². The molecule has 88 valence electrons. The number of aliphatic carboxylic acids is 1. The van der Waals surface area contributed by atoms with E-state index in [0.29, 0.717) is 6.54 Å². The standard InChI is InChI=1S/C10H16N4O2/c1-8(5-10(15)16)6-11-4-3-9-12-7-14(2)13-9/h5,7,11H,3-4,6H2,1-2H3,(H,15,16). The molecule has 1 aromatic rings. The van der Waals surface area contributed by atoms with Crippen molar-refractivity contribution in [3.8, 4) is 0 Å². The van der Waals surface area contributed by atoms with E-state index < -0.39 is 5.97 Å². The highest BCUT2D eigenvalue weighted by Gasteiger charge is 1.98. The fourth-order valence-corrected chi connectivity index (χ4v) is 1.25. The molecule has 0 bridgehead atoms. The minimum Gasteiger partial charge on any atom is -0.478 e. The van der Waals surface area contributed by atoms with Gasteiger partial charge in [0.15, 0.2) is 5.82 Å². The summed E-state index contributed by atoms with van der Waals surface area (Å²) in [5, 5.41) is 15.8. The monoisotopic (exact) mass is 224 g/mol. The average Bonchev–Trinajstić information content (AvgIpc) is 2.58. The van der Waals surface area contributed by atoms with E-state index in [1.54, 1.807) is 17.9 Å². The van der Waals surface area contributed by atoms with E-state index in [1.165, 1.54) is 6.08 Å². The molecule has 0 aliphatic heterocycles. The molecule has 6 heteroatoms. The van der Waals surface area contributed by atoms with Gasteiger partial charge in [0.25, 0.3) is 0 Å². The van der Waals surface area contributed by atoms with Crippen molar-refractivity contribution in [3.05, 3.63) is 23.8 Å².